The summed E-state index contributed by atoms with van der Waals surface area (Å²) in [7, 11) is 3.35. The zero-order valence-electron chi connectivity index (χ0n) is 8.56. The molecular formula is C9H20N2O2. The molecule has 0 spiro atoms. The van der Waals surface area contributed by atoms with Crippen molar-refractivity contribution in [2.24, 2.45) is 0 Å². The lowest BCUT2D eigenvalue weighted by Gasteiger charge is -2.03. The fourth-order valence-corrected chi connectivity index (χ4v) is 0.963. The van der Waals surface area contributed by atoms with Gasteiger partial charge in [-0.3, -0.25) is 4.79 Å². The van der Waals surface area contributed by atoms with Crippen molar-refractivity contribution in [1.82, 2.24) is 10.6 Å². The quantitative estimate of drug-likeness (QED) is 0.533. The molecule has 0 saturated carbocycles. The summed E-state index contributed by atoms with van der Waals surface area (Å²) in [6.45, 7) is 2.15. The van der Waals surface area contributed by atoms with Gasteiger partial charge < -0.3 is 15.4 Å². The van der Waals surface area contributed by atoms with Crippen molar-refractivity contribution >= 4 is 5.91 Å². The number of nitrogens with one attached hydrogen (secondary N) is 2. The number of carbonyl (C=O) groups excluding carboxylic acids is 1. The van der Waals surface area contributed by atoms with Crippen molar-refractivity contribution < 1.29 is 9.53 Å². The van der Waals surface area contributed by atoms with E-state index in [0.29, 0.717) is 6.54 Å². The van der Waals surface area contributed by atoms with E-state index in [1.165, 1.54) is 0 Å². The molecule has 4 nitrogen and oxygen atoms in total. The first-order chi connectivity index (χ1) is 6.31. The standard InChI is InChI=1S/C9H20N2O2/c1-10-9(12)8-11-6-4-3-5-7-13-2/h11H,3-8H2,1-2H3,(H,10,12). The molecule has 13 heavy (non-hydrogen) atoms. The molecule has 0 aromatic carbocycles. The highest BCUT2D eigenvalue weighted by Crippen LogP contribution is 1.93. The summed E-state index contributed by atoms with van der Waals surface area (Å²) in [5, 5.41) is 5.61. The number of hydrogen-bond donors (Lipinski definition) is 2. The number of carbonyl (C=O) groups is 1. The normalized spacial score (nSPS) is 10.0. The SMILES string of the molecule is CNC(=O)CNCCCCCOC. The fourth-order valence-electron chi connectivity index (χ4n) is 0.963. The largest absolute Gasteiger partial charge is 0.385 e. The van der Waals surface area contributed by atoms with E-state index >= 15 is 0 Å². The molecule has 4 heteroatoms. The molecule has 0 aliphatic rings. The summed E-state index contributed by atoms with van der Waals surface area (Å²) in [5.74, 6) is 0.0388. The van der Waals surface area contributed by atoms with Gasteiger partial charge in [0, 0.05) is 20.8 Å². The lowest BCUT2D eigenvalue weighted by atomic mass is 10.2. The minimum Gasteiger partial charge on any atom is -0.385 e. The zero-order chi connectivity index (χ0) is 9.94. The average Bonchev–Trinajstić information content (AvgIpc) is 2.16. The smallest absolute Gasteiger partial charge is 0.233 e. The van der Waals surface area contributed by atoms with Crippen LogP contribution >= 0.6 is 0 Å². The monoisotopic (exact) mass is 188 g/mol. The molecule has 0 radical (unpaired) electrons. The fraction of sp³-hybridized carbons (Fsp3) is 0.889. The summed E-state index contributed by atoms with van der Waals surface area (Å²) < 4.78 is 4.92. The van der Waals surface area contributed by atoms with Gasteiger partial charge in [0.2, 0.25) is 5.91 Å². The highest BCUT2D eigenvalue weighted by Gasteiger charge is 1.95. The first-order valence-corrected chi connectivity index (χ1v) is 4.71. The van der Waals surface area contributed by atoms with E-state index in [0.717, 1.165) is 32.4 Å². The maximum absolute atomic E-state index is 10.8. The van der Waals surface area contributed by atoms with Gasteiger partial charge >= 0.3 is 0 Å². The van der Waals surface area contributed by atoms with Crippen LogP contribution in [-0.4, -0.2) is 39.8 Å². The third-order valence-electron chi connectivity index (χ3n) is 1.77. The van der Waals surface area contributed by atoms with Crippen LogP contribution in [0.3, 0.4) is 0 Å². The second-order valence-corrected chi connectivity index (χ2v) is 2.90. The Balaban J connectivity index is 2.95. The summed E-state index contributed by atoms with van der Waals surface area (Å²) in [4.78, 5) is 10.8. The van der Waals surface area contributed by atoms with Crippen molar-refractivity contribution in [3.8, 4) is 0 Å². The van der Waals surface area contributed by atoms with Gasteiger partial charge in [-0.1, -0.05) is 0 Å². The van der Waals surface area contributed by atoms with Crippen molar-refractivity contribution in [3.05, 3.63) is 0 Å². The molecule has 0 rings (SSSR count). The van der Waals surface area contributed by atoms with Crippen molar-refractivity contribution in [2.75, 3.05) is 33.9 Å². The zero-order valence-corrected chi connectivity index (χ0v) is 8.56. The number of rotatable bonds is 8. The molecule has 0 saturated heterocycles. The lowest BCUT2D eigenvalue weighted by Crippen LogP contribution is -2.31. The highest BCUT2D eigenvalue weighted by molar-refractivity contribution is 5.77. The van der Waals surface area contributed by atoms with Gasteiger partial charge in [0.15, 0.2) is 0 Å². The molecule has 0 aliphatic heterocycles. The van der Waals surface area contributed by atoms with Gasteiger partial charge in [-0.25, -0.2) is 0 Å². The van der Waals surface area contributed by atoms with Crippen molar-refractivity contribution in [2.45, 2.75) is 19.3 Å². The molecule has 0 atom stereocenters. The van der Waals surface area contributed by atoms with Gasteiger partial charge in [0.05, 0.1) is 6.54 Å². The van der Waals surface area contributed by atoms with E-state index in [2.05, 4.69) is 10.6 Å². The molecule has 2 N–H and O–H groups in total. The topological polar surface area (TPSA) is 50.4 Å². The summed E-state index contributed by atoms with van der Waals surface area (Å²) in [6.07, 6.45) is 3.34. The lowest BCUT2D eigenvalue weighted by molar-refractivity contribution is -0.119. The van der Waals surface area contributed by atoms with Gasteiger partial charge in [0.25, 0.3) is 0 Å². The molecular weight excluding hydrogens is 168 g/mol. The second kappa shape index (κ2) is 9.48. The van der Waals surface area contributed by atoms with Crippen LogP contribution in [0.15, 0.2) is 0 Å². The Morgan fingerprint density at radius 3 is 2.69 bits per heavy atom. The van der Waals surface area contributed by atoms with Gasteiger partial charge in [0.1, 0.15) is 0 Å². The molecule has 0 unspecified atom stereocenters. The van der Waals surface area contributed by atoms with E-state index in [1.807, 2.05) is 0 Å². The molecule has 1 amide bonds. The molecule has 0 bridgehead atoms. The number of amides is 1. The Labute approximate surface area is 80.0 Å². The molecule has 0 aliphatic carbocycles. The van der Waals surface area contributed by atoms with E-state index in [1.54, 1.807) is 14.2 Å². The Hall–Kier alpha value is -0.610. The van der Waals surface area contributed by atoms with Crippen LogP contribution in [0.5, 0.6) is 0 Å². The molecule has 0 aromatic heterocycles. The van der Waals surface area contributed by atoms with Crippen LogP contribution < -0.4 is 10.6 Å². The van der Waals surface area contributed by atoms with Gasteiger partial charge in [-0.15, -0.1) is 0 Å². The third-order valence-corrected chi connectivity index (χ3v) is 1.77. The maximum Gasteiger partial charge on any atom is 0.233 e. The Kier molecular flexibility index (Phi) is 9.03. The minimum atomic E-state index is 0.0388. The molecule has 0 aromatic rings. The van der Waals surface area contributed by atoms with Crippen LogP contribution in [0, 0.1) is 0 Å². The van der Waals surface area contributed by atoms with Gasteiger partial charge in [-0.2, -0.15) is 0 Å². The van der Waals surface area contributed by atoms with Crippen molar-refractivity contribution in [1.29, 1.82) is 0 Å². The van der Waals surface area contributed by atoms with Crippen LogP contribution in [-0.2, 0) is 9.53 Å². The summed E-state index contributed by atoms with van der Waals surface area (Å²) in [6, 6.07) is 0. The molecule has 78 valence electrons. The maximum atomic E-state index is 10.8. The predicted octanol–water partition coefficient (Wildman–Crippen LogP) is 0.139. The van der Waals surface area contributed by atoms with E-state index in [-0.39, 0.29) is 5.91 Å². The summed E-state index contributed by atoms with van der Waals surface area (Å²) in [5.41, 5.74) is 0. The van der Waals surface area contributed by atoms with Crippen LogP contribution in [0.25, 0.3) is 0 Å². The Morgan fingerprint density at radius 2 is 2.08 bits per heavy atom. The highest BCUT2D eigenvalue weighted by atomic mass is 16.5. The van der Waals surface area contributed by atoms with Crippen LogP contribution in [0.4, 0.5) is 0 Å². The van der Waals surface area contributed by atoms with Crippen LogP contribution in [0.2, 0.25) is 0 Å². The van der Waals surface area contributed by atoms with E-state index in [9.17, 15) is 4.79 Å². The number of methoxy groups -OCH3 is 1. The average molecular weight is 188 g/mol. The first kappa shape index (κ1) is 12.4. The van der Waals surface area contributed by atoms with Crippen molar-refractivity contribution in [3.63, 3.8) is 0 Å². The van der Waals surface area contributed by atoms with E-state index < -0.39 is 0 Å². The minimum absolute atomic E-state index is 0.0388. The number of hydrogen-bond acceptors (Lipinski definition) is 3. The first-order valence-electron chi connectivity index (χ1n) is 4.71. The van der Waals surface area contributed by atoms with Crippen LogP contribution in [0.1, 0.15) is 19.3 Å². The number of unbranched alkanes of at least 4 members (excludes halogenated alkanes) is 2. The molecule has 0 fully saturated rings. The Bertz CT molecular complexity index is 129. The number of likely N-dealkylation sites (N-methyl/N-ethyl adjacent to an activating group) is 1. The molecule has 0 heterocycles. The predicted molar refractivity (Wildman–Crippen MR) is 52.7 cm³/mol. The third kappa shape index (κ3) is 9.30. The Morgan fingerprint density at radius 1 is 1.31 bits per heavy atom. The van der Waals surface area contributed by atoms with E-state index in [4.69, 9.17) is 4.74 Å². The summed E-state index contributed by atoms with van der Waals surface area (Å²) >= 11 is 0. The second-order valence-electron chi connectivity index (χ2n) is 2.90. The van der Waals surface area contributed by atoms with Gasteiger partial charge in [-0.05, 0) is 25.8 Å². The number of ether oxygens (including phenoxy) is 1.